The van der Waals surface area contributed by atoms with Crippen LogP contribution in [0.25, 0.3) is 5.76 Å². The minimum Gasteiger partial charge on any atom is -0.426 e. The summed E-state index contributed by atoms with van der Waals surface area (Å²) in [6, 6.07) is 7.97. The number of carbonyl (C=O) groups is 1. The number of esters is 1. The number of carbonyl (C=O) groups excluding carboxylic acids is 1. The summed E-state index contributed by atoms with van der Waals surface area (Å²) in [5.74, 6) is 0.560. The molecule has 0 amide bonds. The van der Waals surface area contributed by atoms with Crippen molar-refractivity contribution in [3.63, 3.8) is 0 Å². The van der Waals surface area contributed by atoms with E-state index in [0.29, 0.717) is 12.2 Å². The van der Waals surface area contributed by atoms with Crippen molar-refractivity contribution in [2.45, 2.75) is 19.8 Å². The van der Waals surface area contributed by atoms with Gasteiger partial charge in [-0.2, -0.15) is 0 Å². The zero-order valence-electron chi connectivity index (χ0n) is 8.12. The Labute approximate surface area is 83.2 Å². The average Bonchev–Trinajstić information content (AvgIpc) is 2.19. The molecule has 0 fully saturated rings. The van der Waals surface area contributed by atoms with E-state index in [1.165, 1.54) is 5.56 Å². The summed E-state index contributed by atoms with van der Waals surface area (Å²) in [5, 5.41) is 0. The van der Waals surface area contributed by atoms with Gasteiger partial charge in [0, 0.05) is 12.0 Å². The molecule has 0 spiro atoms. The first-order valence-corrected chi connectivity index (χ1v) is 4.73. The Morgan fingerprint density at radius 2 is 1.93 bits per heavy atom. The second kappa shape index (κ2) is 3.66. The molecule has 72 valence electrons. The van der Waals surface area contributed by atoms with Crippen molar-refractivity contribution < 1.29 is 9.53 Å². The Morgan fingerprint density at radius 3 is 2.57 bits per heavy atom. The van der Waals surface area contributed by atoms with E-state index in [-0.39, 0.29) is 5.97 Å². The summed E-state index contributed by atoms with van der Waals surface area (Å²) in [4.78, 5) is 11.1. The number of rotatable bonds is 1. The van der Waals surface area contributed by atoms with Crippen molar-refractivity contribution in [2.75, 3.05) is 0 Å². The third kappa shape index (κ3) is 1.84. The second-order valence-electron chi connectivity index (χ2n) is 3.45. The lowest BCUT2D eigenvalue weighted by molar-refractivity contribution is -0.137. The molecule has 0 bridgehead atoms. The van der Waals surface area contributed by atoms with Crippen LogP contribution in [0.4, 0.5) is 0 Å². The molecule has 0 N–H and O–H groups in total. The molecular formula is C12H12O2. The van der Waals surface area contributed by atoms with Gasteiger partial charge in [-0.05, 0) is 19.4 Å². The summed E-state index contributed by atoms with van der Waals surface area (Å²) < 4.78 is 5.13. The fourth-order valence-electron chi connectivity index (χ4n) is 1.43. The summed E-state index contributed by atoms with van der Waals surface area (Å²) in [7, 11) is 0. The lowest BCUT2D eigenvalue weighted by Crippen LogP contribution is -2.07. The Kier molecular flexibility index (Phi) is 2.35. The molecule has 0 aromatic heterocycles. The average molecular weight is 188 g/mol. The second-order valence-corrected chi connectivity index (χ2v) is 3.45. The van der Waals surface area contributed by atoms with E-state index in [4.69, 9.17) is 4.74 Å². The molecule has 1 heterocycles. The van der Waals surface area contributed by atoms with Gasteiger partial charge in [-0.3, -0.25) is 4.79 Å². The minimum absolute atomic E-state index is 0.136. The standard InChI is InChI=1S/C12H12O2/c1-9-5-7-10(8-6-9)11-3-2-4-12(13)14-11/h3,5-8H,2,4H2,1H3. The molecule has 14 heavy (non-hydrogen) atoms. The largest absolute Gasteiger partial charge is 0.426 e. The zero-order chi connectivity index (χ0) is 9.97. The van der Waals surface area contributed by atoms with E-state index in [0.717, 1.165) is 12.0 Å². The lowest BCUT2D eigenvalue weighted by atomic mass is 10.1. The molecular weight excluding hydrogens is 176 g/mol. The van der Waals surface area contributed by atoms with Gasteiger partial charge in [0.15, 0.2) is 0 Å². The first-order valence-electron chi connectivity index (χ1n) is 4.73. The van der Waals surface area contributed by atoms with Gasteiger partial charge in [0.1, 0.15) is 5.76 Å². The van der Waals surface area contributed by atoms with Gasteiger partial charge >= 0.3 is 5.97 Å². The smallest absolute Gasteiger partial charge is 0.311 e. The van der Waals surface area contributed by atoms with E-state index in [1.54, 1.807) is 0 Å². The molecule has 0 saturated heterocycles. The van der Waals surface area contributed by atoms with Gasteiger partial charge in [0.05, 0.1) is 0 Å². The summed E-state index contributed by atoms with van der Waals surface area (Å²) in [6.07, 6.45) is 3.24. The maximum Gasteiger partial charge on any atom is 0.311 e. The third-order valence-corrected chi connectivity index (χ3v) is 2.24. The first kappa shape index (κ1) is 9.00. The van der Waals surface area contributed by atoms with Crippen molar-refractivity contribution in [3.05, 3.63) is 41.5 Å². The fraction of sp³-hybridized carbons (Fsp3) is 0.250. The van der Waals surface area contributed by atoms with Crippen molar-refractivity contribution >= 4 is 11.7 Å². The van der Waals surface area contributed by atoms with Crippen LogP contribution >= 0.6 is 0 Å². The van der Waals surface area contributed by atoms with Gasteiger partial charge in [-0.25, -0.2) is 0 Å². The quantitative estimate of drug-likeness (QED) is 0.633. The Balaban J connectivity index is 2.26. The predicted octanol–water partition coefficient (Wildman–Crippen LogP) is 2.67. The molecule has 1 aromatic rings. The molecule has 1 aliphatic rings. The van der Waals surface area contributed by atoms with E-state index in [1.807, 2.05) is 37.3 Å². The van der Waals surface area contributed by atoms with E-state index in [9.17, 15) is 4.79 Å². The van der Waals surface area contributed by atoms with Crippen LogP contribution < -0.4 is 0 Å². The van der Waals surface area contributed by atoms with Gasteiger partial charge in [-0.15, -0.1) is 0 Å². The minimum atomic E-state index is -0.136. The van der Waals surface area contributed by atoms with Crippen molar-refractivity contribution in [3.8, 4) is 0 Å². The molecule has 0 atom stereocenters. The summed E-state index contributed by atoms with van der Waals surface area (Å²) in [5.41, 5.74) is 2.18. The van der Waals surface area contributed by atoms with Crippen LogP contribution in [0.15, 0.2) is 30.3 Å². The van der Waals surface area contributed by atoms with Crippen LogP contribution in [0.2, 0.25) is 0 Å². The van der Waals surface area contributed by atoms with Crippen LogP contribution in [0.1, 0.15) is 24.0 Å². The number of allylic oxidation sites excluding steroid dienone is 1. The van der Waals surface area contributed by atoms with Gasteiger partial charge in [0.2, 0.25) is 0 Å². The molecule has 0 saturated carbocycles. The fourth-order valence-corrected chi connectivity index (χ4v) is 1.43. The van der Waals surface area contributed by atoms with Gasteiger partial charge in [-0.1, -0.05) is 29.8 Å². The van der Waals surface area contributed by atoms with Gasteiger partial charge in [0.25, 0.3) is 0 Å². The van der Waals surface area contributed by atoms with Crippen molar-refractivity contribution in [2.24, 2.45) is 0 Å². The maximum absolute atomic E-state index is 11.1. The van der Waals surface area contributed by atoms with Crippen LogP contribution in [0.5, 0.6) is 0 Å². The topological polar surface area (TPSA) is 26.3 Å². The maximum atomic E-state index is 11.1. The van der Waals surface area contributed by atoms with Crippen LogP contribution in [-0.2, 0) is 9.53 Å². The van der Waals surface area contributed by atoms with Crippen molar-refractivity contribution in [1.82, 2.24) is 0 Å². The monoisotopic (exact) mass is 188 g/mol. The Hall–Kier alpha value is -1.57. The Morgan fingerprint density at radius 1 is 1.21 bits per heavy atom. The lowest BCUT2D eigenvalue weighted by Gasteiger charge is -2.13. The third-order valence-electron chi connectivity index (χ3n) is 2.24. The molecule has 0 unspecified atom stereocenters. The van der Waals surface area contributed by atoms with E-state index in [2.05, 4.69) is 0 Å². The molecule has 1 aromatic carbocycles. The number of cyclic esters (lactones) is 1. The number of ether oxygens (including phenoxy) is 1. The summed E-state index contributed by atoms with van der Waals surface area (Å²) >= 11 is 0. The van der Waals surface area contributed by atoms with Crippen LogP contribution in [-0.4, -0.2) is 5.97 Å². The van der Waals surface area contributed by atoms with E-state index < -0.39 is 0 Å². The predicted molar refractivity (Wildman–Crippen MR) is 54.5 cm³/mol. The highest BCUT2D eigenvalue weighted by Gasteiger charge is 2.13. The Bertz CT molecular complexity index is 374. The number of hydrogen-bond acceptors (Lipinski definition) is 2. The SMILES string of the molecule is Cc1ccc(C2=CCCC(=O)O2)cc1. The highest BCUT2D eigenvalue weighted by molar-refractivity contribution is 5.80. The van der Waals surface area contributed by atoms with Crippen molar-refractivity contribution in [1.29, 1.82) is 0 Å². The van der Waals surface area contributed by atoms with E-state index >= 15 is 0 Å². The molecule has 0 aliphatic carbocycles. The highest BCUT2D eigenvalue weighted by atomic mass is 16.5. The summed E-state index contributed by atoms with van der Waals surface area (Å²) in [6.45, 7) is 2.03. The molecule has 2 heteroatoms. The normalized spacial score (nSPS) is 16.1. The molecule has 2 nitrogen and oxygen atoms in total. The molecule has 1 aliphatic heterocycles. The van der Waals surface area contributed by atoms with Crippen LogP contribution in [0, 0.1) is 6.92 Å². The highest BCUT2D eigenvalue weighted by Crippen LogP contribution is 2.22. The number of benzene rings is 1. The number of hydrogen-bond donors (Lipinski definition) is 0. The number of aryl methyl sites for hydroxylation is 1. The molecule has 0 radical (unpaired) electrons. The van der Waals surface area contributed by atoms with Gasteiger partial charge < -0.3 is 4.74 Å². The molecule has 2 rings (SSSR count). The zero-order valence-corrected chi connectivity index (χ0v) is 8.12. The first-order chi connectivity index (χ1) is 6.75. The van der Waals surface area contributed by atoms with Crippen LogP contribution in [0.3, 0.4) is 0 Å².